The summed E-state index contributed by atoms with van der Waals surface area (Å²) in [6.45, 7) is 4.06. The van der Waals surface area contributed by atoms with Crippen LogP contribution >= 0.6 is 0 Å². The van der Waals surface area contributed by atoms with Crippen LogP contribution in [-0.2, 0) is 36.7 Å². The van der Waals surface area contributed by atoms with Crippen molar-refractivity contribution in [1.82, 2.24) is 10.6 Å². The summed E-state index contributed by atoms with van der Waals surface area (Å²) in [5, 5.41) is 25.1. The number of benzene rings is 2. The van der Waals surface area contributed by atoms with Crippen molar-refractivity contribution in [3.63, 3.8) is 0 Å². The zero-order valence-electron chi connectivity index (χ0n) is 21.1. The van der Waals surface area contributed by atoms with E-state index in [-0.39, 0.29) is 11.8 Å². The highest BCUT2D eigenvalue weighted by atomic mass is 16.5. The number of amides is 2. The molecule has 2 amide bonds. The average Bonchev–Trinajstić information content (AvgIpc) is 3.49. The fourth-order valence-corrected chi connectivity index (χ4v) is 4.07. The van der Waals surface area contributed by atoms with Crippen LogP contribution < -0.4 is 21.6 Å². The van der Waals surface area contributed by atoms with E-state index in [2.05, 4.69) is 10.6 Å². The van der Waals surface area contributed by atoms with Gasteiger partial charge in [0, 0.05) is 30.8 Å². The maximum absolute atomic E-state index is 12.3. The number of carbonyl (C=O) groups excluding carboxylic acids is 2. The van der Waals surface area contributed by atoms with Gasteiger partial charge in [0.05, 0.1) is 46.2 Å². The van der Waals surface area contributed by atoms with Crippen molar-refractivity contribution >= 4 is 37.0 Å². The van der Waals surface area contributed by atoms with E-state index in [4.69, 9.17) is 23.5 Å². The molecule has 38 heavy (non-hydrogen) atoms. The molecule has 0 unspecified atom stereocenters. The highest BCUT2D eigenvalue weighted by Crippen LogP contribution is 2.12. The van der Waals surface area contributed by atoms with Crippen LogP contribution in [0.2, 0.25) is 0 Å². The van der Waals surface area contributed by atoms with Crippen LogP contribution in [0.4, 0.5) is 0 Å². The second-order valence-corrected chi connectivity index (χ2v) is 8.86. The fourth-order valence-electron chi connectivity index (χ4n) is 4.07. The quantitative estimate of drug-likeness (QED) is 0.165. The third-order valence-corrected chi connectivity index (χ3v) is 6.17. The normalized spacial score (nSPS) is 13.9. The third-order valence-electron chi connectivity index (χ3n) is 6.17. The average molecular weight is 526 g/mol. The molecule has 0 fully saturated rings. The molecular formula is C25H32B2N2O9. The van der Waals surface area contributed by atoms with E-state index < -0.39 is 14.2 Å². The minimum Gasteiger partial charge on any atom is -0.423 e. The van der Waals surface area contributed by atoms with Crippen LogP contribution in [0.5, 0.6) is 0 Å². The molecule has 0 aliphatic carbocycles. The van der Waals surface area contributed by atoms with Gasteiger partial charge in [0.25, 0.3) is 11.8 Å². The van der Waals surface area contributed by atoms with Crippen molar-refractivity contribution < 1.29 is 43.2 Å². The third kappa shape index (κ3) is 7.87. The number of nitrogens with one attached hydrogen (secondary N) is 2. The van der Waals surface area contributed by atoms with Crippen molar-refractivity contribution in [3.05, 3.63) is 58.7 Å². The molecule has 0 saturated carbocycles. The molecule has 4 rings (SSSR count). The molecule has 4 N–H and O–H groups in total. The lowest BCUT2D eigenvalue weighted by Gasteiger charge is -2.09. The summed E-state index contributed by atoms with van der Waals surface area (Å²) >= 11 is 0. The van der Waals surface area contributed by atoms with Gasteiger partial charge in [-0.3, -0.25) is 9.59 Å². The maximum Gasteiger partial charge on any atom is 0.491 e. The molecule has 0 spiro atoms. The van der Waals surface area contributed by atoms with E-state index in [0.717, 1.165) is 11.1 Å². The Balaban J connectivity index is 0.944. The van der Waals surface area contributed by atoms with Gasteiger partial charge in [-0.1, -0.05) is 12.1 Å². The Morgan fingerprint density at radius 1 is 0.711 bits per heavy atom. The minimum absolute atomic E-state index is 0.201. The van der Waals surface area contributed by atoms with Crippen molar-refractivity contribution in [2.75, 3.05) is 52.7 Å². The SMILES string of the molecule is O=C(NCCCOCCOCCOCCNC(=O)c1ccc2c(c1)B(O)OC2)c1ccc2c(c1)B(O)OC2. The lowest BCUT2D eigenvalue weighted by molar-refractivity contribution is 0.0148. The molecule has 0 saturated heterocycles. The molecule has 2 aliphatic heterocycles. The van der Waals surface area contributed by atoms with E-state index in [1.54, 1.807) is 36.4 Å². The molecule has 13 heteroatoms. The van der Waals surface area contributed by atoms with Crippen molar-refractivity contribution in [2.24, 2.45) is 0 Å². The van der Waals surface area contributed by atoms with Crippen LogP contribution in [0.15, 0.2) is 36.4 Å². The van der Waals surface area contributed by atoms with Crippen LogP contribution in [0.3, 0.4) is 0 Å². The van der Waals surface area contributed by atoms with Gasteiger partial charge < -0.3 is 44.2 Å². The van der Waals surface area contributed by atoms with Crippen LogP contribution in [0.1, 0.15) is 38.3 Å². The Labute approximate surface area is 222 Å². The van der Waals surface area contributed by atoms with Crippen LogP contribution in [0, 0.1) is 0 Å². The molecule has 0 bridgehead atoms. The van der Waals surface area contributed by atoms with Gasteiger partial charge in [-0.25, -0.2) is 0 Å². The first kappa shape index (κ1) is 28.2. The summed E-state index contributed by atoms with van der Waals surface area (Å²) in [6.07, 6.45) is 0.664. The Hall–Kier alpha value is -2.77. The summed E-state index contributed by atoms with van der Waals surface area (Å²) in [6, 6.07) is 10.3. The van der Waals surface area contributed by atoms with Gasteiger partial charge in [0.15, 0.2) is 0 Å². The predicted octanol–water partition coefficient (Wildman–Crippen LogP) is -1.28. The Kier molecular flexibility index (Phi) is 10.7. The van der Waals surface area contributed by atoms with Crippen molar-refractivity contribution in [1.29, 1.82) is 0 Å². The van der Waals surface area contributed by atoms with Crippen molar-refractivity contribution in [2.45, 2.75) is 19.6 Å². The first-order chi connectivity index (χ1) is 18.5. The highest BCUT2D eigenvalue weighted by molar-refractivity contribution is 6.62. The number of fused-ring (bicyclic) bond motifs is 2. The Bertz CT molecular complexity index is 1020. The lowest BCUT2D eigenvalue weighted by atomic mass is 9.79. The number of hydrogen-bond acceptors (Lipinski definition) is 9. The number of carbonyl (C=O) groups is 2. The van der Waals surface area contributed by atoms with E-state index in [1.807, 2.05) is 0 Å². The summed E-state index contributed by atoms with van der Waals surface area (Å²) < 4.78 is 26.7. The largest absolute Gasteiger partial charge is 0.491 e. The summed E-state index contributed by atoms with van der Waals surface area (Å²) in [7, 11) is -1.95. The zero-order chi connectivity index (χ0) is 26.7. The molecule has 11 nitrogen and oxygen atoms in total. The standard InChI is InChI=1S/C25H32B2N2O9/c30-24(18-2-4-20-16-37-26(32)22(20)14-18)28-6-1-8-34-10-12-36-13-11-35-9-7-29-25(31)19-3-5-21-17-38-27(33)23(21)15-19/h2-5,14-15,32-33H,1,6-13,16-17H2,(H,28,30)(H,29,31). The van der Waals surface area contributed by atoms with Crippen LogP contribution in [-0.4, -0.2) is 88.8 Å². The zero-order valence-corrected chi connectivity index (χ0v) is 21.1. The molecule has 0 radical (unpaired) electrons. The summed E-state index contributed by atoms with van der Waals surface area (Å²) in [4.78, 5) is 24.5. The molecule has 2 aliphatic rings. The van der Waals surface area contributed by atoms with E-state index in [1.165, 1.54) is 0 Å². The molecule has 0 atom stereocenters. The van der Waals surface area contributed by atoms with Crippen molar-refractivity contribution in [3.8, 4) is 0 Å². The number of hydrogen-bond donors (Lipinski definition) is 4. The molecule has 2 heterocycles. The molecule has 0 aromatic heterocycles. The first-order valence-corrected chi connectivity index (χ1v) is 12.7. The number of ether oxygens (including phenoxy) is 3. The monoisotopic (exact) mass is 526 g/mol. The molecular weight excluding hydrogens is 494 g/mol. The van der Waals surface area contributed by atoms with Gasteiger partial charge in [0.1, 0.15) is 0 Å². The van der Waals surface area contributed by atoms with E-state index in [9.17, 15) is 19.6 Å². The highest BCUT2D eigenvalue weighted by Gasteiger charge is 2.28. The van der Waals surface area contributed by atoms with E-state index >= 15 is 0 Å². The second-order valence-electron chi connectivity index (χ2n) is 8.86. The van der Waals surface area contributed by atoms with Gasteiger partial charge in [0.2, 0.25) is 0 Å². The maximum atomic E-state index is 12.3. The Morgan fingerprint density at radius 2 is 1.18 bits per heavy atom. The lowest BCUT2D eigenvalue weighted by Crippen LogP contribution is -2.31. The smallest absolute Gasteiger partial charge is 0.423 e. The summed E-state index contributed by atoms with van der Waals surface area (Å²) in [5.74, 6) is -0.436. The Morgan fingerprint density at radius 3 is 1.74 bits per heavy atom. The predicted molar refractivity (Wildman–Crippen MR) is 139 cm³/mol. The molecule has 2 aromatic carbocycles. The van der Waals surface area contributed by atoms with E-state index in [0.29, 0.717) is 94.4 Å². The van der Waals surface area contributed by atoms with Gasteiger partial charge in [-0.05, 0) is 52.7 Å². The molecule has 202 valence electrons. The molecule has 2 aromatic rings. The van der Waals surface area contributed by atoms with Gasteiger partial charge in [-0.15, -0.1) is 0 Å². The van der Waals surface area contributed by atoms with Gasteiger partial charge >= 0.3 is 14.2 Å². The van der Waals surface area contributed by atoms with Gasteiger partial charge in [-0.2, -0.15) is 0 Å². The van der Waals surface area contributed by atoms with Crippen LogP contribution in [0.25, 0.3) is 0 Å². The minimum atomic E-state index is -0.978. The second kappa shape index (κ2) is 14.4. The number of rotatable bonds is 15. The fraction of sp³-hybridized carbons (Fsp3) is 0.440. The first-order valence-electron chi connectivity index (χ1n) is 12.7. The summed E-state index contributed by atoms with van der Waals surface area (Å²) in [5.41, 5.74) is 4.01. The topological polar surface area (TPSA) is 145 Å².